The molecule has 0 aromatic heterocycles. The molecule has 52 valence electrons. The summed E-state index contributed by atoms with van der Waals surface area (Å²) in [5.74, 6) is 0. The van der Waals surface area contributed by atoms with Crippen LogP contribution < -0.4 is 0 Å². The smallest absolute Gasteiger partial charge is 0.0688 e. The highest BCUT2D eigenvalue weighted by Gasteiger charge is 2.22. The summed E-state index contributed by atoms with van der Waals surface area (Å²) in [5, 5.41) is 0. The summed E-state index contributed by atoms with van der Waals surface area (Å²) >= 11 is 0. The van der Waals surface area contributed by atoms with Crippen LogP contribution >= 0.6 is 0 Å². The Kier molecular flexibility index (Phi) is 1.91. The lowest BCUT2D eigenvalue weighted by molar-refractivity contribution is -0.000843. The average molecular weight is 126 g/mol. The van der Waals surface area contributed by atoms with E-state index in [9.17, 15) is 0 Å². The second kappa shape index (κ2) is 2.53. The maximum absolute atomic E-state index is 5.33. The monoisotopic (exact) mass is 126 g/mol. The third-order valence-electron chi connectivity index (χ3n) is 2.05. The minimum atomic E-state index is 0.134. The van der Waals surface area contributed by atoms with Crippen LogP contribution in [0, 0.1) is 0 Å². The van der Waals surface area contributed by atoms with Gasteiger partial charge in [-0.2, -0.15) is 0 Å². The van der Waals surface area contributed by atoms with Gasteiger partial charge in [-0.25, -0.2) is 0 Å². The Morgan fingerprint density at radius 1 is 1.44 bits per heavy atom. The van der Waals surface area contributed by atoms with Crippen LogP contribution in [0.25, 0.3) is 0 Å². The summed E-state index contributed by atoms with van der Waals surface area (Å²) in [6.45, 7) is 2.16. The summed E-state index contributed by atoms with van der Waals surface area (Å²) in [6.07, 6.45) is 7.83. The number of methoxy groups -OCH3 is 1. The Labute approximate surface area is 56.7 Å². The van der Waals surface area contributed by atoms with Crippen LogP contribution in [0.3, 0.4) is 0 Å². The third kappa shape index (κ3) is 1.55. The number of allylic oxidation sites excluding steroid dienone is 1. The molecule has 1 rings (SSSR count). The lowest BCUT2D eigenvalue weighted by Crippen LogP contribution is -2.27. The zero-order chi connectivity index (χ0) is 6.74. The topological polar surface area (TPSA) is 9.23 Å². The van der Waals surface area contributed by atoms with Crippen molar-refractivity contribution in [3.8, 4) is 0 Å². The highest BCUT2D eigenvalue weighted by atomic mass is 16.5. The molecular formula is C8H14O. The first-order chi connectivity index (χ1) is 4.27. The van der Waals surface area contributed by atoms with E-state index in [0.717, 1.165) is 6.42 Å². The number of rotatable bonds is 1. The molecule has 0 fully saturated rings. The summed E-state index contributed by atoms with van der Waals surface area (Å²) < 4.78 is 5.33. The normalized spacial score (nSPS) is 34.9. The third-order valence-corrected chi connectivity index (χ3v) is 2.05. The lowest BCUT2D eigenvalue weighted by atomic mass is 9.91. The van der Waals surface area contributed by atoms with Crippen molar-refractivity contribution in [2.75, 3.05) is 7.11 Å². The number of hydrogen-bond acceptors (Lipinski definition) is 1. The van der Waals surface area contributed by atoms with Gasteiger partial charge < -0.3 is 4.74 Å². The quantitative estimate of drug-likeness (QED) is 0.489. The van der Waals surface area contributed by atoms with Gasteiger partial charge in [-0.15, -0.1) is 0 Å². The van der Waals surface area contributed by atoms with E-state index in [0.29, 0.717) is 0 Å². The Hall–Kier alpha value is -0.300. The van der Waals surface area contributed by atoms with Crippen molar-refractivity contribution >= 4 is 0 Å². The van der Waals surface area contributed by atoms with E-state index in [2.05, 4.69) is 19.1 Å². The van der Waals surface area contributed by atoms with Crippen LogP contribution in [0.2, 0.25) is 0 Å². The van der Waals surface area contributed by atoms with Gasteiger partial charge >= 0.3 is 0 Å². The minimum Gasteiger partial charge on any atom is -0.378 e. The molecular weight excluding hydrogens is 112 g/mol. The molecule has 0 unspecified atom stereocenters. The van der Waals surface area contributed by atoms with Gasteiger partial charge in [0.25, 0.3) is 0 Å². The molecule has 0 amide bonds. The first-order valence-corrected chi connectivity index (χ1v) is 3.47. The van der Waals surface area contributed by atoms with Crippen molar-refractivity contribution < 1.29 is 4.74 Å². The van der Waals surface area contributed by atoms with Gasteiger partial charge in [-0.3, -0.25) is 0 Å². The number of ether oxygens (including phenoxy) is 1. The van der Waals surface area contributed by atoms with Gasteiger partial charge in [0.2, 0.25) is 0 Å². The van der Waals surface area contributed by atoms with Crippen LogP contribution in [0.4, 0.5) is 0 Å². The fourth-order valence-corrected chi connectivity index (χ4v) is 1.13. The van der Waals surface area contributed by atoms with Crippen molar-refractivity contribution in [1.82, 2.24) is 0 Å². The molecule has 1 aliphatic rings. The molecule has 1 heteroatoms. The van der Waals surface area contributed by atoms with Gasteiger partial charge in [-0.05, 0) is 26.2 Å². The zero-order valence-electron chi connectivity index (χ0n) is 6.18. The molecule has 1 nitrogen and oxygen atoms in total. The predicted molar refractivity (Wildman–Crippen MR) is 38.4 cm³/mol. The Bertz CT molecular complexity index is 118. The van der Waals surface area contributed by atoms with E-state index < -0.39 is 0 Å². The minimum absolute atomic E-state index is 0.134. The Morgan fingerprint density at radius 3 is 2.56 bits per heavy atom. The van der Waals surface area contributed by atoms with Gasteiger partial charge in [0.1, 0.15) is 0 Å². The SMILES string of the molecule is CO[C@@]1(C)CC=CCC1. The summed E-state index contributed by atoms with van der Waals surface area (Å²) in [4.78, 5) is 0. The Morgan fingerprint density at radius 2 is 2.22 bits per heavy atom. The molecule has 0 spiro atoms. The molecule has 1 atom stereocenters. The standard InChI is InChI=1S/C8H14O/c1-8(9-2)6-4-3-5-7-8/h3-4H,5-7H2,1-2H3/t8-/m0/s1. The van der Waals surface area contributed by atoms with E-state index in [-0.39, 0.29) is 5.60 Å². The van der Waals surface area contributed by atoms with Crippen molar-refractivity contribution in [1.29, 1.82) is 0 Å². The molecule has 0 saturated carbocycles. The van der Waals surface area contributed by atoms with Gasteiger partial charge in [-0.1, -0.05) is 12.2 Å². The van der Waals surface area contributed by atoms with Gasteiger partial charge in [0, 0.05) is 7.11 Å². The van der Waals surface area contributed by atoms with E-state index in [4.69, 9.17) is 4.74 Å². The van der Waals surface area contributed by atoms with Crippen molar-refractivity contribution in [2.45, 2.75) is 31.8 Å². The van der Waals surface area contributed by atoms with Crippen molar-refractivity contribution in [2.24, 2.45) is 0 Å². The van der Waals surface area contributed by atoms with E-state index >= 15 is 0 Å². The van der Waals surface area contributed by atoms with Crippen LogP contribution in [-0.2, 0) is 4.74 Å². The van der Waals surface area contributed by atoms with Gasteiger partial charge in [0.15, 0.2) is 0 Å². The fourth-order valence-electron chi connectivity index (χ4n) is 1.13. The molecule has 0 N–H and O–H groups in total. The van der Waals surface area contributed by atoms with E-state index in [1.165, 1.54) is 12.8 Å². The second-order valence-electron chi connectivity index (χ2n) is 2.87. The first-order valence-electron chi connectivity index (χ1n) is 3.47. The maximum atomic E-state index is 5.33. The van der Waals surface area contributed by atoms with Crippen LogP contribution in [0.5, 0.6) is 0 Å². The van der Waals surface area contributed by atoms with Crippen LogP contribution in [0.15, 0.2) is 12.2 Å². The van der Waals surface area contributed by atoms with Crippen molar-refractivity contribution in [3.05, 3.63) is 12.2 Å². The maximum Gasteiger partial charge on any atom is 0.0688 e. The molecule has 0 aromatic rings. The molecule has 0 aliphatic heterocycles. The molecule has 9 heavy (non-hydrogen) atoms. The average Bonchev–Trinajstić information content (AvgIpc) is 1.90. The first kappa shape index (κ1) is 6.81. The van der Waals surface area contributed by atoms with Gasteiger partial charge in [0.05, 0.1) is 5.60 Å². The molecule has 0 radical (unpaired) electrons. The molecule has 0 saturated heterocycles. The molecule has 1 aliphatic carbocycles. The van der Waals surface area contributed by atoms with E-state index in [1.54, 1.807) is 7.11 Å². The highest BCUT2D eigenvalue weighted by Crippen LogP contribution is 2.25. The summed E-state index contributed by atoms with van der Waals surface area (Å²) in [5.41, 5.74) is 0.134. The highest BCUT2D eigenvalue weighted by molar-refractivity contribution is 4.96. The van der Waals surface area contributed by atoms with E-state index in [1.807, 2.05) is 0 Å². The molecule has 0 heterocycles. The summed E-state index contributed by atoms with van der Waals surface area (Å²) in [6, 6.07) is 0. The van der Waals surface area contributed by atoms with Crippen LogP contribution in [0.1, 0.15) is 26.2 Å². The Balaban J connectivity index is 2.50. The van der Waals surface area contributed by atoms with Crippen LogP contribution in [-0.4, -0.2) is 12.7 Å². The second-order valence-corrected chi connectivity index (χ2v) is 2.87. The van der Waals surface area contributed by atoms with Crippen molar-refractivity contribution in [3.63, 3.8) is 0 Å². The summed E-state index contributed by atoms with van der Waals surface area (Å²) in [7, 11) is 1.79. The largest absolute Gasteiger partial charge is 0.378 e. The zero-order valence-corrected chi connectivity index (χ0v) is 6.18. The molecule has 0 bridgehead atoms. The number of hydrogen-bond donors (Lipinski definition) is 0. The molecule has 0 aromatic carbocycles. The fraction of sp³-hybridized carbons (Fsp3) is 0.750. The lowest BCUT2D eigenvalue weighted by Gasteiger charge is -2.28. The predicted octanol–water partition coefficient (Wildman–Crippen LogP) is 2.13.